The molecule has 1 amide bonds. The number of hydrogen-bond acceptors (Lipinski definition) is 6. The highest BCUT2D eigenvalue weighted by Gasteiger charge is 2.64. The molecule has 4 rings (SSSR count). The smallest absolute Gasteiger partial charge is 0.251 e. The van der Waals surface area contributed by atoms with E-state index in [-0.39, 0.29) is 35.5 Å². The van der Waals surface area contributed by atoms with Crippen molar-refractivity contribution in [2.24, 2.45) is 16.7 Å². The maximum absolute atomic E-state index is 13.2. The molecule has 7 nitrogen and oxygen atoms in total. The monoisotopic (exact) mass is 505 g/mol. The van der Waals surface area contributed by atoms with E-state index in [2.05, 4.69) is 44.0 Å². The zero-order valence-corrected chi connectivity index (χ0v) is 22.6. The van der Waals surface area contributed by atoms with Crippen LogP contribution in [0.1, 0.15) is 62.9 Å². The number of aliphatic hydroxyl groups is 1. The van der Waals surface area contributed by atoms with Crippen molar-refractivity contribution in [3.05, 3.63) is 53.6 Å². The number of carbonyl (C=O) groups is 1. The van der Waals surface area contributed by atoms with Gasteiger partial charge in [-0.25, -0.2) is 0 Å². The maximum atomic E-state index is 13.2. The van der Waals surface area contributed by atoms with Gasteiger partial charge in [-0.05, 0) is 61.6 Å². The lowest BCUT2D eigenvalue weighted by Crippen LogP contribution is -2.74. The lowest BCUT2D eigenvalue weighted by atomic mass is 9.49. The number of nitrogens with zero attached hydrogens (tertiary/aromatic N) is 2. The molecule has 0 aromatic heterocycles. The van der Waals surface area contributed by atoms with Crippen molar-refractivity contribution in [2.45, 2.75) is 59.1 Å². The summed E-state index contributed by atoms with van der Waals surface area (Å²) in [5, 5.41) is 21.7. The number of methoxy groups -OCH3 is 1. The Morgan fingerprint density at radius 1 is 1.11 bits per heavy atom. The molecule has 2 aromatic carbocycles. The Morgan fingerprint density at radius 3 is 2.32 bits per heavy atom. The number of anilines is 1. The molecule has 0 radical (unpaired) electrons. The molecule has 37 heavy (non-hydrogen) atoms. The second-order valence-electron chi connectivity index (χ2n) is 11.5. The summed E-state index contributed by atoms with van der Waals surface area (Å²) in [5.41, 5.74) is 1.63. The van der Waals surface area contributed by atoms with Crippen LogP contribution in [0, 0.1) is 28.1 Å². The predicted molar refractivity (Wildman–Crippen MR) is 144 cm³/mol. The van der Waals surface area contributed by atoms with Gasteiger partial charge >= 0.3 is 0 Å². The SMILES string of the molecule is COc1cc(OC2C(C)(C)C(NC(=O)c3ccc(N4CCC(CCO)CC4)cc3)C2(C)C)ccc1C#N. The fourth-order valence-corrected chi connectivity index (χ4v) is 6.47. The molecule has 1 aliphatic carbocycles. The molecular formula is C30H39N3O4. The Hall–Kier alpha value is -3.24. The lowest BCUT2D eigenvalue weighted by molar-refractivity contribution is -0.164. The van der Waals surface area contributed by atoms with Crippen LogP contribution in [0.25, 0.3) is 0 Å². The molecule has 0 atom stereocenters. The van der Waals surface area contributed by atoms with Gasteiger partial charge in [-0.1, -0.05) is 27.7 Å². The van der Waals surface area contributed by atoms with E-state index in [4.69, 9.17) is 9.47 Å². The van der Waals surface area contributed by atoms with Gasteiger partial charge in [0, 0.05) is 53.9 Å². The topological polar surface area (TPSA) is 94.8 Å². The van der Waals surface area contributed by atoms with E-state index in [0.29, 0.717) is 28.5 Å². The van der Waals surface area contributed by atoms with Gasteiger partial charge in [0.15, 0.2) is 0 Å². The Bertz CT molecular complexity index is 1130. The summed E-state index contributed by atoms with van der Waals surface area (Å²) in [6, 6.07) is 15.1. The maximum Gasteiger partial charge on any atom is 0.251 e. The fourth-order valence-electron chi connectivity index (χ4n) is 6.47. The number of carbonyl (C=O) groups excluding carboxylic acids is 1. The summed E-state index contributed by atoms with van der Waals surface area (Å²) in [6.07, 6.45) is 2.92. The molecular weight excluding hydrogens is 466 g/mol. The minimum Gasteiger partial charge on any atom is -0.495 e. The third-order valence-electron chi connectivity index (χ3n) is 8.31. The first-order valence-corrected chi connectivity index (χ1v) is 13.1. The van der Waals surface area contributed by atoms with Gasteiger partial charge in [0.1, 0.15) is 23.7 Å². The molecule has 0 unspecified atom stereocenters. The van der Waals surface area contributed by atoms with Gasteiger partial charge in [-0.15, -0.1) is 0 Å². The summed E-state index contributed by atoms with van der Waals surface area (Å²) in [4.78, 5) is 15.6. The van der Waals surface area contributed by atoms with Gasteiger partial charge in [-0.3, -0.25) is 4.79 Å². The molecule has 1 heterocycles. The van der Waals surface area contributed by atoms with Crippen molar-refractivity contribution >= 4 is 11.6 Å². The molecule has 7 heteroatoms. The highest BCUT2D eigenvalue weighted by Crippen LogP contribution is 2.55. The standard InChI is InChI=1S/C30H39N3O4/c1-29(2)27(30(3,4)28(29)37-24-11-8-22(19-31)25(18-24)36-5)32-26(35)21-6-9-23(10-7-21)33-15-12-20(13-16-33)14-17-34/h6-11,18,20,27-28,34H,12-17H2,1-5H3,(H,32,35). The molecule has 1 saturated carbocycles. The quantitative estimate of drug-likeness (QED) is 0.536. The first-order valence-electron chi connectivity index (χ1n) is 13.1. The number of rotatable bonds is 8. The van der Waals surface area contributed by atoms with E-state index >= 15 is 0 Å². The number of hydrogen-bond donors (Lipinski definition) is 2. The second kappa shape index (κ2) is 10.6. The Kier molecular flexibility index (Phi) is 7.70. The number of nitriles is 1. The van der Waals surface area contributed by atoms with Gasteiger partial charge in [0.2, 0.25) is 0 Å². The van der Waals surface area contributed by atoms with Crippen LogP contribution < -0.4 is 19.7 Å². The van der Waals surface area contributed by atoms with Gasteiger partial charge < -0.3 is 24.8 Å². The number of ether oxygens (including phenoxy) is 2. The van der Waals surface area contributed by atoms with Crippen molar-refractivity contribution in [1.29, 1.82) is 5.26 Å². The third kappa shape index (κ3) is 5.26. The van der Waals surface area contributed by atoms with E-state index in [0.717, 1.165) is 38.0 Å². The fraction of sp³-hybridized carbons (Fsp3) is 0.533. The Morgan fingerprint density at radius 2 is 1.76 bits per heavy atom. The average molecular weight is 506 g/mol. The minimum atomic E-state index is -0.306. The number of nitrogens with one attached hydrogen (secondary N) is 1. The van der Waals surface area contributed by atoms with Gasteiger partial charge in [-0.2, -0.15) is 5.26 Å². The van der Waals surface area contributed by atoms with E-state index in [9.17, 15) is 15.2 Å². The third-order valence-corrected chi connectivity index (χ3v) is 8.31. The Labute approximate surface area is 220 Å². The van der Waals surface area contributed by atoms with Crippen LogP contribution in [0.5, 0.6) is 11.5 Å². The highest BCUT2D eigenvalue weighted by atomic mass is 16.5. The average Bonchev–Trinajstić information content (AvgIpc) is 2.90. The highest BCUT2D eigenvalue weighted by molar-refractivity contribution is 5.95. The lowest BCUT2D eigenvalue weighted by Gasteiger charge is -2.63. The predicted octanol–water partition coefficient (Wildman–Crippen LogP) is 4.78. The van der Waals surface area contributed by atoms with E-state index < -0.39 is 0 Å². The zero-order chi connectivity index (χ0) is 26.8. The molecule has 0 bridgehead atoms. The molecule has 0 spiro atoms. The first kappa shape index (κ1) is 26.8. The first-order chi connectivity index (χ1) is 17.6. The summed E-state index contributed by atoms with van der Waals surface area (Å²) < 4.78 is 11.7. The summed E-state index contributed by atoms with van der Waals surface area (Å²) in [5.74, 6) is 1.64. The van der Waals surface area contributed by atoms with Crippen LogP contribution >= 0.6 is 0 Å². The van der Waals surface area contributed by atoms with E-state index in [1.165, 1.54) is 7.11 Å². The van der Waals surface area contributed by atoms with E-state index in [1.807, 2.05) is 24.3 Å². The second-order valence-corrected chi connectivity index (χ2v) is 11.5. The van der Waals surface area contributed by atoms with Crippen LogP contribution in [-0.2, 0) is 0 Å². The minimum absolute atomic E-state index is 0.0805. The van der Waals surface area contributed by atoms with Crippen LogP contribution in [0.2, 0.25) is 0 Å². The van der Waals surface area contributed by atoms with Crippen molar-refractivity contribution in [3.63, 3.8) is 0 Å². The van der Waals surface area contributed by atoms with Crippen molar-refractivity contribution in [2.75, 3.05) is 31.7 Å². The number of benzene rings is 2. The Balaban J connectivity index is 1.39. The number of aliphatic hydroxyl groups excluding tert-OH is 1. The zero-order valence-electron chi connectivity index (χ0n) is 22.6. The largest absolute Gasteiger partial charge is 0.495 e. The summed E-state index contributed by atoms with van der Waals surface area (Å²) in [6.45, 7) is 10.7. The van der Waals surface area contributed by atoms with E-state index in [1.54, 1.807) is 18.2 Å². The van der Waals surface area contributed by atoms with Crippen molar-refractivity contribution < 1.29 is 19.4 Å². The van der Waals surface area contributed by atoms with Gasteiger partial charge in [0.05, 0.1) is 12.7 Å². The normalized spacial score (nSPS) is 22.5. The molecule has 1 aliphatic heterocycles. The van der Waals surface area contributed by atoms with Crippen LogP contribution in [-0.4, -0.2) is 50.0 Å². The molecule has 2 fully saturated rings. The number of amides is 1. The molecule has 2 N–H and O–H groups in total. The van der Waals surface area contributed by atoms with Crippen LogP contribution in [0.15, 0.2) is 42.5 Å². The number of piperidine rings is 1. The molecule has 1 saturated heterocycles. The van der Waals surface area contributed by atoms with Crippen molar-refractivity contribution in [3.8, 4) is 17.6 Å². The van der Waals surface area contributed by atoms with Crippen molar-refractivity contribution in [1.82, 2.24) is 5.32 Å². The van der Waals surface area contributed by atoms with Crippen LogP contribution in [0.3, 0.4) is 0 Å². The summed E-state index contributed by atoms with van der Waals surface area (Å²) >= 11 is 0. The van der Waals surface area contributed by atoms with Gasteiger partial charge in [0.25, 0.3) is 5.91 Å². The van der Waals surface area contributed by atoms with Crippen LogP contribution in [0.4, 0.5) is 5.69 Å². The molecule has 2 aliphatic rings. The summed E-state index contributed by atoms with van der Waals surface area (Å²) in [7, 11) is 1.54. The molecule has 198 valence electrons. The molecule has 2 aromatic rings.